The van der Waals surface area contributed by atoms with Gasteiger partial charge in [-0.15, -0.1) is 0 Å². The molecule has 0 aliphatic heterocycles. The van der Waals surface area contributed by atoms with Crippen molar-refractivity contribution in [1.82, 2.24) is 24.3 Å². The summed E-state index contributed by atoms with van der Waals surface area (Å²) in [5.41, 5.74) is 4.04. The summed E-state index contributed by atoms with van der Waals surface area (Å²) in [5.74, 6) is 0. The third kappa shape index (κ3) is 2.76. The molecule has 3 aromatic rings. The minimum Gasteiger partial charge on any atom is -0.294 e. The molecule has 0 N–H and O–H groups in total. The van der Waals surface area contributed by atoms with Crippen LogP contribution in [-0.4, -0.2) is 24.3 Å². The third-order valence-corrected chi connectivity index (χ3v) is 4.10. The average Bonchev–Trinajstić information content (AvgIpc) is 2.84. The Balaban J connectivity index is 2.01. The number of aromatic nitrogens is 5. The predicted molar refractivity (Wildman–Crippen MR) is 89.5 cm³/mol. The lowest BCUT2D eigenvalue weighted by Crippen LogP contribution is -2.26. The minimum absolute atomic E-state index is 0.0197. The summed E-state index contributed by atoms with van der Waals surface area (Å²) >= 11 is 0. The van der Waals surface area contributed by atoms with Crippen molar-refractivity contribution in [3.05, 3.63) is 52.0 Å². The fourth-order valence-electron chi connectivity index (χ4n) is 2.90. The lowest BCUT2D eigenvalue weighted by atomic mass is 10.1. The molecular formula is C17H21N5O. The van der Waals surface area contributed by atoms with Crippen molar-refractivity contribution in [2.24, 2.45) is 7.05 Å². The maximum absolute atomic E-state index is 12.8. The molecular weight excluding hydrogens is 290 g/mol. The topological polar surface area (TPSA) is 65.6 Å². The third-order valence-electron chi connectivity index (χ3n) is 4.10. The Bertz CT molecular complexity index is 909. The van der Waals surface area contributed by atoms with E-state index in [0.717, 1.165) is 23.5 Å². The molecule has 0 saturated heterocycles. The number of rotatable bonds is 4. The van der Waals surface area contributed by atoms with Crippen LogP contribution in [0.25, 0.3) is 11.0 Å². The van der Waals surface area contributed by atoms with Crippen LogP contribution >= 0.6 is 0 Å². The van der Waals surface area contributed by atoms with E-state index in [4.69, 9.17) is 0 Å². The quantitative estimate of drug-likeness (QED) is 0.741. The second kappa shape index (κ2) is 5.95. The summed E-state index contributed by atoms with van der Waals surface area (Å²) in [7, 11) is 1.79. The van der Waals surface area contributed by atoms with Crippen LogP contribution in [-0.2, 0) is 19.9 Å². The van der Waals surface area contributed by atoms with Gasteiger partial charge in [-0.2, -0.15) is 5.10 Å². The van der Waals surface area contributed by atoms with E-state index in [1.165, 1.54) is 0 Å². The van der Waals surface area contributed by atoms with E-state index in [1.54, 1.807) is 22.6 Å². The smallest absolute Gasteiger partial charge is 0.279 e. The Morgan fingerprint density at radius 1 is 1.30 bits per heavy atom. The van der Waals surface area contributed by atoms with Crippen LogP contribution in [0.2, 0.25) is 0 Å². The van der Waals surface area contributed by atoms with Crippen molar-refractivity contribution < 1.29 is 0 Å². The van der Waals surface area contributed by atoms with E-state index in [0.29, 0.717) is 17.5 Å². The molecule has 0 amide bonds. The zero-order chi connectivity index (χ0) is 16.6. The van der Waals surface area contributed by atoms with Gasteiger partial charge in [0.2, 0.25) is 0 Å². The van der Waals surface area contributed by atoms with Gasteiger partial charge in [0.25, 0.3) is 5.56 Å². The van der Waals surface area contributed by atoms with Crippen LogP contribution in [0, 0.1) is 6.92 Å². The van der Waals surface area contributed by atoms with Gasteiger partial charge in [-0.25, -0.2) is 4.98 Å². The van der Waals surface area contributed by atoms with E-state index < -0.39 is 0 Å². The molecule has 0 bridgehead atoms. The predicted octanol–water partition coefficient (Wildman–Crippen LogP) is 2.20. The normalized spacial score (nSPS) is 12.7. The van der Waals surface area contributed by atoms with Gasteiger partial charge in [0, 0.05) is 30.9 Å². The molecule has 3 rings (SSSR count). The van der Waals surface area contributed by atoms with Gasteiger partial charge < -0.3 is 0 Å². The second-order valence-electron chi connectivity index (χ2n) is 5.90. The van der Waals surface area contributed by atoms with E-state index in [2.05, 4.69) is 15.1 Å². The summed E-state index contributed by atoms with van der Waals surface area (Å²) in [6.07, 6.45) is 3.08. The van der Waals surface area contributed by atoms with Crippen molar-refractivity contribution in [3.63, 3.8) is 0 Å². The largest absolute Gasteiger partial charge is 0.294 e. The van der Waals surface area contributed by atoms with Crippen molar-refractivity contribution in [1.29, 1.82) is 0 Å². The summed E-state index contributed by atoms with van der Waals surface area (Å²) in [5, 5.41) is 4.39. The fourth-order valence-corrected chi connectivity index (χ4v) is 2.90. The highest BCUT2D eigenvalue weighted by atomic mass is 16.1. The summed E-state index contributed by atoms with van der Waals surface area (Å²) in [6.45, 7) is 5.99. The lowest BCUT2D eigenvalue weighted by molar-refractivity contribution is 0.515. The summed E-state index contributed by atoms with van der Waals surface area (Å²) in [4.78, 5) is 21.8. The van der Waals surface area contributed by atoms with Gasteiger partial charge in [-0.05, 0) is 32.4 Å². The zero-order valence-electron chi connectivity index (χ0n) is 13.9. The number of fused-ring (bicyclic) bond motifs is 1. The first kappa shape index (κ1) is 15.4. The first-order valence-electron chi connectivity index (χ1n) is 7.86. The van der Waals surface area contributed by atoms with E-state index >= 15 is 0 Å². The van der Waals surface area contributed by atoms with Crippen molar-refractivity contribution in [2.45, 2.75) is 39.7 Å². The van der Waals surface area contributed by atoms with Gasteiger partial charge in [0.15, 0.2) is 5.52 Å². The van der Waals surface area contributed by atoms with E-state index in [-0.39, 0.29) is 11.6 Å². The maximum atomic E-state index is 12.8. The van der Waals surface area contributed by atoms with Crippen molar-refractivity contribution in [2.75, 3.05) is 0 Å². The number of pyridine rings is 1. The Morgan fingerprint density at radius 2 is 2.09 bits per heavy atom. The van der Waals surface area contributed by atoms with Gasteiger partial charge >= 0.3 is 0 Å². The van der Waals surface area contributed by atoms with Gasteiger partial charge in [-0.1, -0.05) is 13.0 Å². The molecule has 3 heterocycles. The van der Waals surface area contributed by atoms with Crippen LogP contribution in [0.3, 0.4) is 0 Å². The Morgan fingerprint density at radius 3 is 2.78 bits per heavy atom. The SMILES string of the molecule is CCc1nn(C)c2c(=O)n(C(C)Cc3cccc(C)n3)cnc12. The molecule has 1 atom stereocenters. The number of nitrogens with zero attached hydrogens (tertiary/aromatic N) is 5. The van der Waals surface area contributed by atoms with E-state index in [1.807, 2.05) is 39.0 Å². The fraction of sp³-hybridized carbons (Fsp3) is 0.412. The molecule has 0 aliphatic rings. The number of aryl methyl sites for hydroxylation is 3. The molecule has 0 saturated carbocycles. The molecule has 3 aromatic heterocycles. The van der Waals surface area contributed by atoms with Gasteiger partial charge in [-0.3, -0.25) is 19.0 Å². The van der Waals surface area contributed by atoms with Crippen LogP contribution in [0.4, 0.5) is 0 Å². The summed E-state index contributed by atoms with van der Waals surface area (Å²) in [6, 6.07) is 5.92. The highest BCUT2D eigenvalue weighted by Crippen LogP contribution is 2.15. The molecule has 120 valence electrons. The molecule has 0 radical (unpaired) electrons. The van der Waals surface area contributed by atoms with Crippen LogP contribution < -0.4 is 5.56 Å². The second-order valence-corrected chi connectivity index (χ2v) is 5.90. The average molecular weight is 311 g/mol. The highest BCUT2D eigenvalue weighted by molar-refractivity contribution is 5.76. The monoisotopic (exact) mass is 311 g/mol. The first-order chi connectivity index (χ1) is 11.0. The minimum atomic E-state index is -0.0511. The Labute approximate surface area is 134 Å². The molecule has 0 fully saturated rings. The van der Waals surface area contributed by atoms with Gasteiger partial charge in [0.05, 0.1) is 12.0 Å². The van der Waals surface area contributed by atoms with E-state index in [9.17, 15) is 4.79 Å². The maximum Gasteiger partial charge on any atom is 0.279 e. The molecule has 6 heteroatoms. The molecule has 0 spiro atoms. The molecule has 0 aliphatic carbocycles. The van der Waals surface area contributed by atoms with Crippen LogP contribution in [0.5, 0.6) is 0 Å². The zero-order valence-corrected chi connectivity index (χ0v) is 13.9. The first-order valence-corrected chi connectivity index (χ1v) is 7.86. The standard InChI is InChI=1S/C17H21N5O/c1-5-14-15-16(21(4)20-14)17(23)22(10-18-15)12(3)9-13-8-6-7-11(2)19-13/h6-8,10,12H,5,9H2,1-4H3. The van der Waals surface area contributed by atoms with Crippen LogP contribution in [0.1, 0.15) is 37.0 Å². The molecule has 6 nitrogen and oxygen atoms in total. The highest BCUT2D eigenvalue weighted by Gasteiger charge is 2.16. The van der Waals surface area contributed by atoms with Crippen molar-refractivity contribution in [3.8, 4) is 0 Å². The van der Waals surface area contributed by atoms with Gasteiger partial charge in [0.1, 0.15) is 5.52 Å². The lowest BCUT2D eigenvalue weighted by Gasteiger charge is -2.14. The molecule has 0 aromatic carbocycles. The molecule has 23 heavy (non-hydrogen) atoms. The molecule has 1 unspecified atom stereocenters. The summed E-state index contributed by atoms with van der Waals surface area (Å²) < 4.78 is 3.31. The number of hydrogen-bond donors (Lipinski definition) is 0. The van der Waals surface area contributed by atoms with Crippen LogP contribution in [0.15, 0.2) is 29.3 Å². The Hall–Kier alpha value is -2.50. The number of hydrogen-bond acceptors (Lipinski definition) is 4. The van der Waals surface area contributed by atoms with Crippen molar-refractivity contribution >= 4 is 11.0 Å². The Kier molecular flexibility index (Phi) is 3.98.